The number of amides is 1. The highest BCUT2D eigenvalue weighted by atomic mass is 32.1. The Balaban J connectivity index is 1.58. The molecule has 4 nitrogen and oxygen atoms in total. The van der Waals surface area contributed by atoms with Crippen LogP contribution in [0, 0.1) is 6.92 Å². The minimum Gasteiger partial charge on any atom is -0.310 e. The molecule has 3 heterocycles. The first-order chi connectivity index (χ1) is 13.2. The highest BCUT2D eigenvalue weighted by Gasteiger charge is 2.16. The third-order valence-corrected chi connectivity index (χ3v) is 5.43. The van der Waals surface area contributed by atoms with Gasteiger partial charge in [0.15, 0.2) is 0 Å². The van der Waals surface area contributed by atoms with Gasteiger partial charge >= 0.3 is 0 Å². The van der Waals surface area contributed by atoms with Crippen LogP contribution in [-0.2, 0) is 11.2 Å². The van der Waals surface area contributed by atoms with E-state index in [-0.39, 0.29) is 5.91 Å². The maximum absolute atomic E-state index is 12.6. The third kappa shape index (κ3) is 3.93. The van der Waals surface area contributed by atoms with Crippen molar-refractivity contribution in [1.82, 2.24) is 9.38 Å². The van der Waals surface area contributed by atoms with Crippen molar-refractivity contribution in [1.29, 1.82) is 0 Å². The second kappa shape index (κ2) is 7.76. The lowest BCUT2D eigenvalue weighted by molar-refractivity contribution is -0.116. The Morgan fingerprint density at radius 1 is 1.15 bits per heavy atom. The van der Waals surface area contributed by atoms with Crippen LogP contribution in [0.15, 0.2) is 66.2 Å². The molecule has 0 unspecified atom stereocenters. The number of anilines is 1. The summed E-state index contributed by atoms with van der Waals surface area (Å²) < 4.78 is 1.95. The number of nitrogens with zero attached hydrogens (tertiary/aromatic N) is 2. The van der Waals surface area contributed by atoms with Gasteiger partial charge < -0.3 is 5.32 Å². The number of hydrogen-bond donors (Lipinski definition) is 1. The number of rotatable bonds is 6. The average Bonchev–Trinajstić information content (AvgIpc) is 3.30. The highest BCUT2D eigenvalue weighted by Crippen LogP contribution is 2.29. The largest absolute Gasteiger partial charge is 0.310 e. The summed E-state index contributed by atoms with van der Waals surface area (Å²) in [5.74, 6) is 0.753. The number of fused-ring (bicyclic) bond motifs is 1. The summed E-state index contributed by atoms with van der Waals surface area (Å²) in [4.78, 5) is 18.7. The van der Waals surface area contributed by atoms with E-state index in [1.165, 1.54) is 4.88 Å². The van der Waals surface area contributed by atoms with Crippen molar-refractivity contribution in [2.75, 3.05) is 5.32 Å². The number of hydrogen-bond acceptors (Lipinski definition) is 3. The number of pyridine rings is 1. The van der Waals surface area contributed by atoms with E-state index in [1.54, 1.807) is 11.3 Å². The van der Waals surface area contributed by atoms with E-state index in [1.807, 2.05) is 66.1 Å². The molecule has 136 valence electrons. The van der Waals surface area contributed by atoms with Gasteiger partial charge in [0.1, 0.15) is 17.2 Å². The number of nitrogens with one attached hydrogen (secondary N) is 1. The van der Waals surface area contributed by atoms with E-state index in [0.717, 1.165) is 41.1 Å². The summed E-state index contributed by atoms with van der Waals surface area (Å²) in [6.45, 7) is 2.04. The van der Waals surface area contributed by atoms with Gasteiger partial charge in [0.05, 0.1) is 0 Å². The Hall–Kier alpha value is -2.92. The summed E-state index contributed by atoms with van der Waals surface area (Å²) in [6, 6.07) is 18.2. The van der Waals surface area contributed by atoms with Gasteiger partial charge in [-0.1, -0.05) is 36.4 Å². The standard InChI is InChI=1S/C22H21N3OS/c1-16-12-13-25-19(15-16)23-21(17-7-3-2-4-8-17)22(25)24-20(26)11-5-9-18-10-6-14-27-18/h2-4,6-8,10,12-15H,5,9,11H2,1H3,(H,24,26). The number of imidazole rings is 1. The number of thiophene rings is 1. The molecule has 0 aliphatic carbocycles. The first-order valence-electron chi connectivity index (χ1n) is 9.07. The first-order valence-corrected chi connectivity index (χ1v) is 9.95. The van der Waals surface area contributed by atoms with Gasteiger partial charge in [0.2, 0.25) is 5.91 Å². The van der Waals surface area contributed by atoms with Crippen LogP contribution in [0.3, 0.4) is 0 Å². The van der Waals surface area contributed by atoms with Gasteiger partial charge in [-0.2, -0.15) is 0 Å². The monoisotopic (exact) mass is 375 g/mol. The van der Waals surface area contributed by atoms with Gasteiger partial charge in [-0.3, -0.25) is 9.20 Å². The van der Waals surface area contributed by atoms with Crippen molar-refractivity contribution in [3.05, 3.63) is 76.6 Å². The van der Waals surface area contributed by atoms with Crippen LogP contribution in [0.25, 0.3) is 16.9 Å². The zero-order chi connectivity index (χ0) is 18.6. The lowest BCUT2D eigenvalue weighted by Crippen LogP contribution is -2.13. The Morgan fingerprint density at radius 3 is 2.78 bits per heavy atom. The summed E-state index contributed by atoms with van der Waals surface area (Å²) in [7, 11) is 0. The molecule has 0 aliphatic heterocycles. The number of aromatic nitrogens is 2. The van der Waals surface area contributed by atoms with Crippen LogP contribution in [0.5, 0.6) is 0 Å². The summed E-state index contributed by atoms with van der Waals surface area (Å²) in [6.07, 6.45) is 4.22. The Kier molecular flexibility index (Phi) is 5.03. The van der Waals surface area contributed by atoms with Crippen molar-refractivity contribution in [3.8, 4) is 11.3 Å². The van der Waals surface area contributed by atoms with Crippen LogP contribution >= 0.6 is 11.3 Å². The number of carbonyl (C=O) groups is 1. The maximum Gasteiger partial charge on any atom is 0.225 e. The van der Waals surface area contributed by atoms with Crippen LogP contribution in [-0.4, -0.2) is 15.3 Å². The zero-order valence-electron chi connectivity index (χ0n) is 15.2. The highest BCUT2D eigenvalue weighted by molar-refractivity contribution is 7.09. The zero-order valence-corrected chi connectivity index (χ0v) is 16.0. The molecule has 4 aromatic rings. The molecule has 0 atom stereocenters. The predicted octanol–water partition coefficient (Wildman–Crippen LogP) is 5.33. The Morgan fingerprint density at radius 2 is 2.00 bits per heavy atom. The molecule has 27 heavy (non-hydrogen) atoms. The molecule has 1 aromatic carbocycles. The fraction of sp³-hybridized carbons (Fsp3) is 0.182. The van der Waals surface area contributed by atoms with Crippen molar-refractivity contribution in [2.45, 2.75) is 26.2 Å². The molecule has 0 saturated carbocycles. The number of carbonyl (C=O) groups excluding carboxylic acids is 1. The maximum atomic E-state index is 12.6. The van der Waals surface area contributed by atoms with E-state index in [9.17, 15) is 4.79 Å². The Bertz CT molecular complexity index is 1050. The molecule has 0 radical (unpaired) electrons. The molecule has 1 N–H and O–H groups in total. The molecule has 0 bridgehead atoms. The smallest absolute Gasteiger partial charge is 0.225 e. The number of aryl methyl sites for hydroxylation is 2. The minimum absolute atomic E-state index is 0.0195. The van der Waals surface area contributed by atoms with E-state index in [2.05, 4.69) is 16.8 Å². The topological polar surface area (TPSA) is 46.4 Å². The van der Waals surface area contributed by atoms with Crippen molar-refractivity contribution in [2.24, 2.45) is 0 Å². The molecule has 0 spiro atoms. The molecule has 4 rings (SSSR count). The van der Waals surface area contributed by atoms with E-state index < -0.39 is 0 Å². The van der Waals surface area contributed by atoms with Gasteiger partial charge in [-0.05, 0) is 48.9 Å². The minimum atomic E-state index is 0.0195. The summed E-state index contributed by atoms with van der Waals surface area (Å²) in [5, 5.41) is 5.17. The summed E-state index contributed by atoms with van der Waals surface area (Å²) in [5.41, 5.74) is 3.77. The van der Waals surface area contributed by atoms with Crippen molar-refractivity contribution in [3.63, 3.8) is 0 Å². The molecule has 3 aromatic heterocycles. The van der Waals surface area contributed by atoms with Gasteiger partial charge in [0, 0.05) is 23.1 Å². The fourth-order valence-corrected chi connectivity index (χ4v) is 3.89. The van der Waals surface area contributed by atoms with Crippen molar-refractivity contribution >= 4 is 28.7 Å². The van der Waals surface area contributed by atoms with Crippen LogP contribution < -0.4 is 5.32 Å². The van der Waals surface area contributed by atoms with Gasteiger partial charge in [0.25, 0.3) is 0 Å². The first kappa shape index (κ1) is 17.5. The SMILES string of the molecule is Cc1ccn2c(NC(=O)CCCc3cccs3)c(-c3ccccc3)nc2c1. The number of benzene rings is 1. The lowest BCUT2D eigenvalue weighted by atomic mass is 10.1. The molecular weight excluding hydrogens is 354 g/mol. The fourth-order valence-electron chi connectivity index (χ4n) is 3.14. The van der Waals surface area contributed by atoms with Gasteiger partial charge in [-0.15, -0.1) is 11.3 Å². The van der Waals surface area contributed by atoms with Crippen LogP contribution in [0.4, 0.5) is 5.82 Å². The van der Waals surface area contributed by atoms with E-state index >= 15 is 0 Å². The summed E-state index contributed by atoms with van der Waals surface area (Å²) >= 11 is 1.74. The molecular formula is C22H21N3OS. The van der Waals surface area contributed by atoms with Crippen LogP contribution in [0.1, 0.15) is 23.3 Å². The molecule has 5 heteroatoms. The van der Waals surface area contributed by atoms with E-state index in [0.29, 0.717) is 6.42 Å². The second-order valence-corrected chi connectivity index (χ2v) is 7.62. The second-order valence-electron chi connectivity index (χ2n) is 6.59. The predicted molar refractivity (Wildman–Crippen MR) is 111 cm³/mol. The molecule has 0 fully saturated rings. The normalized spacial score (nSPS) is 11.0. The van der Waals surface area contributed by atoms with Crippen LogP contribution in [0.2, 0.25) is 0 Å². The molecule has 0 aliphatic rings. The lowest BCUT2D eigenvalue weighted by Gasteiger charge is -2.08. The van der Waals surface area contributed by atoms with Crippen molar-refractivity contribution < 1.29 is 4.79 Å². The average molecular weight is 375 g/mol. The van der Waals surface area contributed by atoms with E-state index in [4.69, 9.17) is 4.98 Å². The molecule has 0 saturated heterocycles. The quantitative estimate of drug-likeness (QED) is 0.495. The Labute approximate surface area is 162 Å². The van der Waals surface area contributed by atoms with Gasteiger partial charge in [-0.25, -0.2) is 4.98 Å². The molecule has 1 amide bonds. The third-order valence-electron chi connectivity index (χ3n) is 4.49.